The lowest BCUT2D eigenvalue weighted by molar-refractivity contribution is 0.108. The zero-order valence-corrected chi connectivity index (χ0v) is 14.3. The van der Waals surface area contributed by atoms with Gasteiger partial charge in [-0.25, -0.2) is 0 Å². The highest BCUT2D eigenvalue weighted by Gasteiger charge is 2.37. The average molecular weight is 305 g/mol. The second-order valence-electron chi connectivity index (χ2n) is 7.20. The third kappa shape index (κ3) is 3.82. The summed E-state index contributed by atoms with van der Waals surface area (Å²) in [5, 5.41) is 0.845. The van der Waals surface area contributed by atoms with Crippen molar-refractivity contribution < 1.29 is 0 Å². The highest BCUT2D eigenvalue weighted by molar-refractivity contribution is 6.21. The lowest BCUT2D eigenvalue weighted by Crippen LogP contribution is -2.35. The SMILES string of the molecule is CCC(C1CCC(Cl)C(C)C1)C1CCC(Cl)C(C)C1. The average Bonchev–Trinajstić information content (AvgIpc) is 2.39. The second kappa shape index (κ2) is 7.03. The summed E-state index contributed by atoms with van der Waals surface area (Å²) in [6, 6.07) is 0. The number of hydrogen-bond donors (Lipinski definition) is 0. The van der Waals surface area contributed by atoms with Crippen LogP contribution in [-0.4, -0.2) is 10.8 Å². The zero-order valence-electron chi connectivity index (χ0n) is 12.7. The maximum atomic E-state index is 6.39. The molecule has 0 amide bonds. The van der Waals surface area contributed by atoms with Gasteiger partial charge < -0.3 is 0 Å². The fourth-order valence-electron chi connectivity index (χ4n) is 4.63. The Kier molecular flexibility index (Phi) is 5.90. The van der Waals surface area contributed by atoms with Crippen molar-refractivity contribution in [2.75, 3.05) is 0 Å². The van der Waals surface area contributed by atoms with E-state index in [0.717, 1.165) is 17.8 Å². The summed E-state index contributed by atoms with van der Waals surface area (Å²) in [5.74, 6) is 4.16. The molecule has 0 saturated heterocycles. The first-order chi connectivity index (χ1) is 9.02. The lowest BCUT2D eigenvalue weighted by Gasteiger charge is -2.42. The van der Waals surface area contributed by atoms with E-state index in [1.807, 2.05) is 0 Å². The molecule has 0 nitrogen and oxygen atoms in total. The summed E-state index contributed by atoms with van der Waals surface area (Å²) in [6.45, 7) is 7.07. The minimum Gasteiger partial charge on any atom is -0.123 e. The van der Waals surface area contributed by atoms with Gasteiger partial charge in [-0.15, -0.1) is 23.2 Å². The molecule has 6 unspecified atom stereocenters. The molecule has 2 saturated carbocycles. The van der Waals surface area contributed by atoms with Crippen LogP contribution in [0.15, 0.2) is 0 Å². The van der Waals surface area contributed by atoms with Crippen molar-refractivity contribution in [3.8, 4) is 0 Å². The molecular formula is C17H30Cl2. The van der Waals surface area contributed by atoms with Gasteiger partial charge >= 0.3 is 0 Å². The Bertz CT molecular complexity index is 252. The highest BCUT2D eigenvalue weighted by Crippen LogP contribution is 2.45. The van der Waals surface area contributed by atoms with Gasteiger partial charge in [0.1, 0.15) is 0 Å². The molecule has 19 heavy (non-hydrogen) atoms. The number of hydrogen-bond acceptors (Lipinski definition) is 0. The molecule has 0 aromatic rings. The second-order valence-corrected chi connectivity index (χ2v) is 8.33. The van der Waals surface area contributed by atoms with Gasteiger partial charge in [-0.05, 0) is 68.1 Å². The van der Waals surface area contributed by atoms with E-state index >= 15 is 0 Å². The topological polar surface area (TPSA) is 0 Å². The van der Waals surface area contributed by atoms with Crippen LogP contribution >= 0.6 is 23.2 Å². The van der Waals surface area contributed by atoms with Crippen LogP contribution in [0.5, 0.6) is 0 Å². The van der Waals surface area contributed by atoms with Crippen LogP contribution in [0.25, 0.3) is 0 Å². The molecule has 0 bridgehead atoms. The maximum Gasteiger partial charge on any atom is 0.0361 e. The third-order valence-electron chi connectivity index (χ3n) is 5.89. The van der Waals surface area contributed by atoms with Crippen molar-refractivity contribution in [1.82, 2.24) is 0 Å². The Labute approximate surface area is 129 Å². The number of alkyl halides is 2. The van der Waals surface area contributed by atoms with E-state index in [2.05, 4.69) is 20.8 Å². The van der Waals surface area contributed by atoms with Crippen molar-refractivity contribution in [2.24, 2.45) is 29.6 Å². The maximum absolute atomic E-state index is 6.39. The molecule has 6 atom stereocenters. The van der Waals surface area contributed by atoms with E-state index < -0.39 is 0 Å². The van der Waals surface area contributed by atoms with E-state index in [9.17, 15) is 0 Å². The van der Waals surface area contributed by atoms with Gasteiger partial charge in [0, 0.05) is 10.8 Å². The smallest absolute Gasteiger partial charge is 0.0361 e. The standard InChI is InChI=1S/C17H30Cl2/c1-4-15(13-5-7-16(18)11(2)9-13)14-6-8-17(19)12(3)10-14/h11-17H,4-10H2,1-3H3. The summed E-state index contributed by atoms with van der Waals surface area (Å²) >= 11 is 12.8. The van der Waals surface area contributed by atoms with Gasteiger partial charge in [0.05, 0.1) is 0 Å². The zero-order chi connectivity index (χ0) is 14.0. The molecule has 0 spiro atoms. The van der Waals surface area contributed by atoms with Gasteiger partial charge in [-0.1, -0.05) is 27.2 Å². The first-order valence-electron chi connectivity index (χ1n) is 8.31. The monoisotopic (exact) mass is 304 g/mol. The predicted octanol–water partition coefficient (Wildman–Crippen LogP) is 6.10. The molecule has 2 aliphatic carbocycles. The largest absolute Gasteiger partial charge is 0.123 e. The van der Waals surface area contributed by atoms with Crippen molar-refractivity contribution in [2.45, 2.75) is 76.5 Å². The predicted molar refractivity (Wildman–Crippen MR) is 86.1 cm³/mol. The first-order valence-corrected chi connectivity index (χ1v) is 9.18. The Hall–Kier alpha value is 0.580. The molecule has 0 radical (unpaired) electrons. The van der Waals surface area contributed by atoms with Crippen molar-refractivity contribution in [3.63, 3.8) is 0 Å². The third-order valence-corrected chi connectivity index (χ3v) is 7.19. The van der Waals surface area contributed by atoms with Crippen LogP contribution in [0.4, 0.5) is 0 Å². The van der Waals surface area contributed by atoms with Crippen LogP contribution in [0.2, 0.25) is 0 Å². The van der Waals surface area contributed by atoms with Crippen LogP contribution < -0.4 is 0 Å². The lowest BCUT2D eigenvalue weighted by atomic mass is 9.65. The van der Waals surface area contributed by atoms with E-state index in [1.54, 1.807) is 0 Å². The van der Waals surface area contributed by atoms with Crippen molar-refractivity contribution in [3.05, 3.63) is 0 Å². The molecule has 112 valence electrons. The van der Waals surface area contributed by atoms with E-state index in [-0.39, 0.29) is 0 Å². The Balaban J connectivity index is 1.96. The normalized spacial score (nSPS) is 45.9. The molecule has 0 aromatic heterocycles. The molecule has 2 rings (SSSR count). The molecule has 2 heteroatoms. The summed E-state index contributed by atoms with van der Waals surface area (Å²) < 4.78 is 0. The summed E-state index contributed by atoms with van der Waals surface area (Å²) in [5.41, 5.74) is 0. The fraction of sp³-hybridized carbons (Fsp3) is 1.00. The van der Waals surface area contributed by atoms with Gasteiger partial charge in [0.15, 0.2) is 0 Å². The molecule has 0 heterocycles. The molecular weight excluding hydrogens is 275 g/mol. The quantitative estimate of drug-likeness (QED) is 0.553. The summed E-state index contributed by atoms with van der Waals surface area (Å²) in [7, 11) is 0. The van der Waals surface area contributed by atoms with Crippen LogP contribution in [0, 0.1) is 29.6 Å². The Morgan fingerprint density at radius 3 is 1.58 bits per heavy atom. The van der Waals surface area contributed by atoms with Gasteiger partial charge in [0.2, 0.25) is 0 Å². The van der Waals surface area contributed by atoms with Crippen LogP contribution in [-0.2, 0) is 0 Å². The van der Waals surface area contributed by atoms with Crippen LogP contribution in [0.1, 0.15) is 65.7 Å². The van der Waals surface area contributed by atoms with Crippen molar-refractivity contribution >= 4 is 23.2 Å². The number of halogens is 2. The molecule has 2 fully saturated rings. The summed E-state index contributed by atoms with van der Waals surface area (Å²) in [4.78, 5) is 0. The van der Waals surface area contributed by atoms with Crippen LogP contribution in [0.3, 0.4) is 0 Å². The number of rotatable bonds is 3. The van der Waals surface area contributed by atoms with Gasteiger partial charge in [0.25, 0.3) is 0 Å². The van der Waals surface area contributed by atoms with E-state index in [1.165, 1.54) is 44.9 Å². The van der Waals surface area contributed by atoms with E-state index in [4.69, 9.17) is 23.2 Å². The summed E-state index contributed by atoms with van der Waals surface area (Å²) in [6.07, 6.45) is 9.20. The van der Waals surface area contributed by atoms with Gasteiger partial charge in [-0.2, -0.15) is 0 Å². The van der Waals surface area contributed by atoms with E-state index in [0.29, 0.717) is 22.6 Å². The molecule has 0 aliphatic heterocycles. The molecule has 0 N–H and O–H groups in total. The minimum atomic E-state index is 0.422. The first kappa shape index (κ1) is 16.0. The molecule has 0 aromatic carbocycles. The highest BCUT2D eigenvalue weighted by atomic mass is 35.5. The van der Waals surface area contributed by atoms with Gasteiger partial charge in [-0.3, -0.25) is 0 Å². The molecule has 2 aliphatic rings. The fourth-order valence-corrected chi connectivity index (χ4v) is 5.09. The minimum absolute atomic E-state index is 0.422. The Morgan fingerprint density at radius 1 is 0.842 bits per heavy atom. The van der Waals surface area contributed by atoms with Crippen molar-refractivity contribution in [1.29, 1.82) is 0 Å². The Morgan fingerprint density at radius 2 is 1.26 bits per heavy atom.